The Morgan fingerprint density at radius 1 is 0.971 bits per heavy atom. The average Bonchev–Trinajstić information content (AvgIpc) is 3.20. The molecule has 1 N–H and O–H groups in total. The predicted molar refractivity (Wildman–Crippen MR) is 123 cm³/mol. The van der Waals surface area contributed by atoms with Crippen LogP contribution in [0.1, 0.15) is 0 Å². The van der Waals surface area contributed by atoms with E-state index in [0.29, 0.717) is 11.7 Å². The smallest absolute Gasteiger partial charge is 0.246 e. The molecule has 2 aromatic carbocycles. The molecule has 0 unspecified atom stereocenters. The Bertz CT molecular complexity index is 1280. The maximum Gasteiger partial charge on any atom is 0.246 e. The van der Waals surface area contributed by atoms with Crippen LogP contribution in [0, 0.1) is 11.6 Å². The SMILES string of the molecule is CS(=O)(=O)c1cc(Nc2ncn(-c3cc(F)cc(F)c3)n2)cc(N2CCN(C3COC3)CC2)c1. The number of benzene rings is 2. The highest BCUT2D eigenvalue weighted by molar-refractivity contribution is 7.90. The molecule has 12 heteroatoms. The first-order chi connectivity index (χ1) is 16.2. The molecule has 0 saturated carbocycles. The van der Waals surface area contributed by atoms with Crippen LogP contribution in [0.25, 0.3) is 5.69 Å². The Morgan fingerprint density at radius 3 is 2.29 bits per heavy atom. The maximum atomic E-state index is 13.5. The molecule has 3 heterocycles. The van der Waals surface area contributed by atoms with Crippen LogP contribution >= 0.6 is 0 Å². The van der Waals surface area contributed by atoms with Crippen LogP contribution in [0.5, 0.6) is 0 Å². The molecule has 9 nitrogen and oxygen atoms in total. The lowest BCUT2D eigenvalue weighted by Crippen LogP contribution is -2.56. The van der Waals surface area contributed by atoms with Crippen molar-refractivity contribution in [1.82, 2.24) is 19.7 Å². The van der Waals surface area contributed by atoms with Gasteiger partial charge in [-0.3, -0.25) is 4.90 Å². The molecule has 2 aliphatic rings. The molecule has 2 saturated heterocycles. The lowest BCUT2D eigenvalue weighted by Gasteiger charge is -2.43. The second kappa shape index (κ2) is 8.93. The number of rotatable bonds is 6. The number of nitrogens with one attached hydrogen (secondary N) is 1. The first-order valence-electron chi connectivity index (χ1n) is 10.8. The minimum absolute atomic E-state index is 0.163. The fraction of sp³-hybridized carbons (Fsp3) is 0.364. The molecule has 0 amide bonds. The molecule has 0 bridgehead atoms. The Balaban J connectivity index is 1.38. The van der Waals surface area contributed by atoms with Crippen molar-refractivity contribution in [2.75, 3.05) is 55.9 Å². The van der Waals surface area contributed by atoms with E-state index >= 15 is 0 Å². The van der Waals surface area contributed by atoms with Crippen molar-refractivity contribution in [3.63, 3.8) is 0 Å². The number of sulfone groups is 1. The summed E-state index contributed by atoms with van der Waals surface area (Å²) in [4.78, 5) is 8.86. The van der Waals surface area contributed by atoms with Crippen molar-refractivity contribution in [1.29, 1.82) is 0 Å². The van der Waals surface area contributed by atoms with E-state index in [0.717, 1.165) is 69.5 Å². The van der Waals surface area contributed by atoms with Gasteiger partial charge in [-0.1, -0.05) is 0 Å². The fourth-order valence-electron chi connectivity index (χ4n) is 4.08. The van der Waals surface area contributed by atoms with Gasteiger partial charge in [-0.2, -0.15) is 4.98 Å². The van der Waals surface area contributed by atoms with E-state index < -0.39 is 21.5 Å². The predicted octanol–water partition coefficient (Wildman–Crippen LogP) is 2.21. The van der Waals surface area contributed by atoms with Crippen molar-refractivity contribution < 1.29 is 21.9 Å². The molecule has 0 aliphatic carbocycles. The van der Waals surface area contributed by atoms with Gasteiger partial charge in [-0.25, -0.2) is 21.9 Å². The summed E-state index contributed by atoms with van der Waals surface area (Å²) in [5.74, 6) is -1.29. The molecule has 5 rings (SSSR count). The van der Waals surface area contributed by atoms with Crippen LogP contribution in [-0.4, -0.2) is 79.8 Å². The Labute approximate surface area is 195 Å². The minimum Gasteiger partial charge on any atom is -0.378 e. The number of ether oxygens (including phenoxy) is 1. The highest BCUT2D eigenvalue weighted by Gasteiger charge is 2.29. The van der Waals surface area contributed by atoms with Crippen molar-refractivity contribution >= 4 is 27.2 Å². The summed E-state index contributed by atoms with van der Waals surface area (Å²) in [6.45, 7) is 4.80. The van der Waals surface area contributed by atoms with Crippen molar-refractivity contribution in [2.45, 2.75) is 10.9 Å². The zero-order valence-electron chi connectivity index (χ0n) is 18.5. The summed E-state index contributed by atoms with van der Waals surface area (Å²) >= 11 is 0. The van der Waals surface area contributed by atoms with Gasteiger partial charge in [-0.05, 0) is 30.3 Å². The third-order valence-corrected chi connectivity index (χ3v) is 7.09. The third-order valence-electron chi connectivity index (χ3n) is 6.00. The first kappa shape index (κ1) is 22.7. The Kier molecular flexibility index (Phi) is 5.96. The van der Waals surface area contributed by atoms with Gasteiger partial charge in [0.15, 0.2) is 9.84 Å². The van der Waals surface area contributed by atoms with E-state index in [4.69, 9.17) is 4.74 Å². The lowest BCUT2D eigenvalue weighted by molar-refractivity contribution is -0.0660. The van der Waals surface area contributed by atoms with Crippen LogP contribution in [0.15, 0.2) is 47.6 Å². The number of piperazine rings is 1. The molecule has 0 radical (unpaired) electrons. The van der Waals surface area contributed by atoms with E-state index in [1.54, 1.807) is 6.07 Å². The molecule has 180 valence electrons. The topological polar surface area (TPSA) is 92.6 Å². The van der Waals surface area contributed by atoms with Crippen molar-refractivity contribution in [3.8, 4) is 5.69 Å². The minimum atomic E-state index is -3.47. The second-order valence-electron chi connectivity index (χ2n) is 8.47. The number of hydrogen-bond donors (Lipinski definition) is 1. The quantitative estimate of drug-likeness (QED) is 0.563. The molecule has 2 aliphatic heterocycles. The summed E-state index contributed by atoms with van der Waals surface area (Å²) in [6.07, 6.45) is 2.48. The fourth-order valence-corrected chi connectivity index (χ4v) is 4.75. The normalized spacial score (nSPS) is 17.6. The monoisotopic (exact) mass is 490 g/mol. The first-order valence-corrected chi connectivity index (χ1v) is 12.7. The van der Waals surface area contributed by atoms with Crippen LogP contribution in [0.2, 0.25) is 0 Å². The summed E-state index contributed by atoms with van der Waals surface area (Å²) in [7, 11) is -3.47. The van der Waals surface area contributed by atoms with E-state index in [9.17, 15) is 17.2 Å². The van der Waals surface area contributed by atoms with E-state index in [-0.39, 0.29) is 16.5 Å². The van der Waals surface area contributed by atoms with Crippen molar-refractivity contribution in [3.05, 3.63) is 54.4 Å². The number of hydrogen-bond acceptors (Lipinski definition) is 8. The van der Waals surface area contributed by atoms with Crippen molar-refractivity contribution in [2.24, 2.45) is 0 Å². The lowest BCUT2D eigenvalue weighted by atomic mass is 10.1. The zero-order chi connectivity index (χ0) is 23.9. The summed E-state index contributed by atoms with van der Waals surface area (Å²) in [6, 6.07) is 8.55. The maximum absolute atomic E-state index is 13.5. The van der Waals surface area contributed by atoms with Crippen LogP contribution in [0.3, 0.4) is 0 Å². The zero-order valence-corrected chi connectivity index (χ0v) is 19.3. The van der Waals surface area contributed by atoms with Gasteiger partial charge >= 0.3 is 0 Å². The number of aromatic nitrogens is 3. The molecule has 0 atom stereocenters. The van der Waals surface area contributed by atoms with Gasteiger partial charge in [0, 0.05) is 49.9 Å². The highest BCUT2D eigenvalue weighted by atomic mass is 32.2. The third kappa shape index (κ3) is 4.88. The molecule has 1 aromatic heterocycles. The summed E-state index contributed by atoms with van der Waals surface area (Å²) in [5.41, 5.74) is 1.45. The van der Waals surface area contributed by atoms with E-state index in [1.165, 1.54) is 17.1 Å². The standard InChI is InChI=1S/C22H24F2N6O3S/c1-34(31,32)21-10-17(9-18(11-21)28-2-4-29(5-3-28)20-12-33-13-20)26-22-25-14-30(27-22)19-7-15(23)6-16(24)8-19/h6-11,14,20H,2-5,12-13H2,1H3,(H,26,27). The Hall–Kier alpha value is -3.09. The molecule has 3 aromatic rings. The molecule has 2 fully saturated rings. The van der Waals surface area contributed by atoms with Gasteiger partial charge in [0.1, 0.15) is 18.0 Å². The number of nitrogens with zero attached hydrogens (tertiary/aromatic N) is 5. The molecule has 0 spiro atoms. The largest absolute Gasteiger partial charge is 0.378 e. The summed E-state index contributed by atoms with van der Waals surface area (Å²) in [5, 5.41) is 7.23. The molecule has 34 heavy (non-hydrogen) atoms. The van der Waals surface area contributed by atoms with Gasteiger partial charge in [0.2, 0.25) is 5.95 Å². The van der Waals surface area contributed by atoms with Crippen LogP contribution in [0.4, 0.5) is 26.1 Å². The van der Waals surface area contributed by atoms with E-state index in [2.05, 4.69) is 25.2 Å². The molecular formula is C22H24F2N6O3S. The average molecular weight is 491 g/mol. The van der Waals surface area contributed by atoms with Gasteiger partial charge in [0.25, 0.3) is 0 Å². The Morgan fingerprint density at radius 2 is 1.68 bits per heavy atom. The number of anilines is 3. The van der Waals surface area contributed by atoms with Gasteiger partial charge < -0.3 is 15.0 Å². The number of halogens is 2. The van der Waals surface area contributed by atoms with Gasteiger partial charge in [-0.15, -0.1) is 5.10 Å². The summed E-state index contributed by atoms with van der Waals surface area (Å²) < 4.78 is 58.3. The van der Waals surface area contributed by atoms with Crippen LogP contribution < -0.4 is 10.2 Å². The van der Waals surface area contributed by atoms with Gasteiger partial charge in [0.05, 0.1) is 29.8 Å². The van der Waals surface area contributed by atoms with E-state index in [1.807, 2.05) is 6.07 Å². The van der Waals surface area contributed by atoms with Crippen LogP contribution in [-0.2, 0) is 14.6 Å². The second-order valence-corrected chi connectivity index (χ2v) is 10.5. The highest BCUT2D eigenvalue weighted by Crippen LogP contribution is 2.28. The molecular weight excluding hydrogens is 466 g/mol.